The molecule has 1 unspecified atom stereocenters. The highest BCUT2D eigenvalue weighted by molar-refractivity contribution is 5.95. The van der Waals surface area contributed by atoms with Gasteiger partial charge in [-0.25, -0.2) is 9.37 Å². The molecule has 1 N–H and O–H groups in total. The number of aryl methyl sites for hydroxylation is 1. The van der Waals surface area contributed by atoms with Crippen molar-refractivity contribution in [3.05, 3.63) is 78.1 Å². The first-order valence-corrected chi connectivity index (χ1v) is 10.1. The van der Waals surface area contributed by atoms with Crippen LogP contribution in [0.4, 0.5) is 10.1 Å². The Hall–Kier alpha value is -3.68. The van der Waals surface area contributed by atoms with Gasteiger partial charge in [0.1, 0.15) is 23.4 Å². The van der Waals surface area contributed by atoms with E-state index in [1.807, 2.05) is 0 Å². The van der Waals surface area contributed by atoms with E-state index in [2.05, 4.69) is 10.3 Å². The molecule has 1 aliphatic heterocycles. The summed E-state index contributed by atoms with van der Waals surface area (Å²) in [6.07, 6.45) is 4.75. The summed E-state index contributed by atoms with van der Waals surface area (Å²) in [5.41, 5.74) is 1.14. The van der Waals surface area contributed by atoms with Crippen molar-refractivity contribution in [3.63, 3.8) is 0 Å². The van der Waals surface area contributed by atoms with Crippen LogP contribution in [-0.2, 0) is 16.6 Å². The van der Waals surface area contributed by atoms with Crippen LogP contribution in [0.2, 0.25) is 0 Å². The van der Waals surface area contributed by atoms with Crippen LogP contribution in [0.5, 0.6) is 5.75 Å². The zero-order valence-corrected chi connectivity index (χ0v) is 17.1. The third kappa shape index (κ3) is 4.58. The Morgan fingerprint density at radius 3 is 2.65 bits per heavy atom. The Labute approximate surface area is 179 Å². The first-order valence-electron chi connectivity index (χ1n) is 10.1. The molecule has 8 heteroatoms. The molecule has 1 atom stereocenters. The van der Waals surface area contributed by atoms with Crippen molar-refractivity contribution in [1.29, 1.82) is 0 Å². The lowest BCUT2D eigenvalue weighted by atomic mass is 10.1. The zero-order valence-electron chi connectivity index (χ0n) is 17.1. The van der Waals surface area contributed by atoms with E-state index >= 15 is 0 Å². The predicted octanol–water partition coefficient (Wildman–Crippen LogP) is 2.97. The molecule has 0 spiro atoms. The molecule has 2 aromatic carbocycles. The third-order valence-electron chi connectivity index (χ3n) is 5.23. The van der Waals surface area contributed by atoms with Gasteiger partial charge in [-0.3, -0.25) is 9.59 Å². The quantitative estimate of drug-likeness (QED) is 0.635. The minimum atomic E-state index is -0.749. The Bertz CT molecular complexity index is 1080. The number of rotatable bonds is 7. The standard InChI is InChI=1S/C23H23FN4O3/c1-27-14-12-25-23(27)22(18-5-2-3-6-19(18)24)26-20(29)15-31-17-10-8-16(9-11-17)28-13-4-7-21(28)30/h2-3,5-6,8-12,14,22H,4,7,13,15H2,1H3,(H,26,29). The van der Waals surface area contributed by atoms with Gasteiger partial charge < -0.3 is 19.5 Å². The SMILES string of the molecule is Cn1ccnc1C(NC(=O)COc1ccc(N2CCCC2=O)cc1)c1ccccc1F. The van der Waals surface area contributed by atoms with Crippen molar-refractivity contribution < 1.29 is 18.7 Å². The van der Waals surface area contributed by atoms with E-state index in [1.165, 1.54) is 6.07 Å². The van der Waals surface area contributed by atoms with Crippen molar-refractivity contribution in [2.75, 3.05) is 18.1 Å². The smallest absolute Gasteiger partial charge is 0.258 e. The molecule has 31 heavy (non-hydrogen) atoms. The van der Waals surface area contributed by atoms with Crippen LogP contribution in [-0.4, -0.2) is 34.5 Å². The number of carbonyl (C=O) groups is 2. The molecule has 0 aliphatic carbocycles. The number of carbonyl (C=O) groups excluding carboxylic acids is 2. The number of anilines is 1. The predicted molar refractivity (Wildman–Crippen MR) is 113 cm³/mol. The molecule has 1 aromatic heterocycles. The highest BCUT2D eigenvalue weighted by atomic mass is 19.1. The minimum absolute atomic E-state index is 0.113. The van der Waals surface area contributed by atoms with Gasteiger partial charge in [-0.2, -0.15) is 0 Å². The first kappa shape index (κ1) is 20.6. The average Bonchev–Trinajstić information content (AvgIpc) is 3.39. The second-order valence-electron chi connectivity index (χ2n) is 7.35. The monoisotopic (exact) mass is 422 g/mol. The van der Waals surface area contributed by atoms with Gasteiger partial charge in [-0.15, -0.1) is 0 Å². The number of nitrogens with zero attached hydrogens (tertiary/aromatic N) is 3. The maximum atomic E-state index is 14.4. The van der Waals surface area contributed by atoms with Crippen LogP contribution < -0.4 is 15.0 Å². The first-order chi connectivity index (χ1) is 15.0. The number of hydrogen-bond donors (Lipinski definition) is 1. The summed E-state index contributed by atoms with van der Waals surface area (Å²) in [5.74, 6) is 0.295. The molecule has 7 nitrogen and oxygen atoms in total. The fraction of sp³-hybridized carbons (Fsp3) is 0.261. The van der Waals surface area contributed by atoms with Crippen LogP contribution in [0.3, 0.4) is 0 Å². The van der Waals surface area contributed by atoms with Gasteiger partial charge in [0, 0.05) is 43.7 Å². The number of ether oxygens (including phenoxy) is 1. The molecule has 160 valence electrons. The van der Waals surface area contributed by atoms with Gasteiger partial charge in [0.25, 0.3) is 5.91 Å². The summed E-state index contributed by atoms with van der Waals surface area (Å²) in [7, 11) is 1.78. The summed E-state index contributed by atoms with van der Waals surface area (Å²) >= 11 is 0. The fourth-order valence-corrected chi connectivity index (χ4v) is 3.64. The van der Waals surface area contributed by atoms with Crippen LogP contribution in [0.25, 0.3) is 0 Å². The Balaban J connectivity index is 1.42. The van der Waals surface area contributed by atoms with E-state index in [0.29, 0.717) is 30.1 Å². The average molecular weight is 422 g/mol. The highest BCUT2D eigenvalue weighted by Gasteiger charge is 2.24. The summed E-state index contributed by atoms with van der Waals surface area (Å²) < 4.78 is 21.7. The van der Waals surface area contributed by atoms with Crippen molar-refractivity contribution in [2.45, 2.75) is 18.9 Å². The van der Waals surface area contributed by atoms with Crippen molar-refractivity contribution >= 4 is 17.5 Å². The van der Waals surface area contributed by atoms with E-state index in [0.717, 1.165) is 12.1 Å². The lowest BCUT2D eigenvalue weighted by Gasteiger charge is -2.20. The van der Waals surface area contributed by atoms with Gasteiger partial charge in [0.15, 0.2) is 6.61 Å². The number of aromatic nitrogens is 2. The Morgan fingerprint density at radius 1 is 1.23 bits per heavy atom. The molecule has 0 saturated carbocycles. The number of amides is 2. The number of imidazole rings is 1. The van der Waals surface area contributed by atoms with E-state index in [-0.39, 0.29) is 12.5 Å². The van der Waals surface area contributed by atoms with E-state index in [1.54, 1.807) is 71.4 Å². The number of nitrogens with one attached hydrogen (secondary N) is 1. The van der Waals surface area contributed by atoms with Crippen molar-refractivity contribution in [2.24, 2.45) is 7.05 Å². The molecule has 1 aliphatic rings. The largest absolute Gasteiger partial charge is 0.484 e. The maximum Gasteiger partial charge on any atom is 0.258 e. The highest BCUT2D eigenvalue weighted by Crippen LogP contribution is 2.25. The second-order valence-corrected chi connectivity index (χ2v) is 7.35. The van der Waals surface area contributed by atoms with Crippen LogP contribution in [0.1, 0.15) is 30.3 Å². The van der Waals surface area contributed by atoms with Gasteiger partial charge in [0.2, 0.25) is 5.91 Å². The summed E-state index contributed by atoms with van der Waals surface area (Å²) in [6, 6.07) is 12.6. The number of hydrogen-bond acceptors (Lipinski definition) is 4. The second kappa shape index (κ2) is 8.99. The lowest BCUT2D eigenvalue weighted by molar-refractivity contribution is -0.123. The summed E-state index contributed by atoms with van der Waals surface area (Å²) in [5, 5.41) is 2.81. The minimum Gasteiger partial charge on any atom is -0.484 e. The molecule has 3 aromatic rings. The van der Waals surface area contributed by atoms with E-state index in [9.17, 15) is 14.0 Å². The molecule has 2 amide bonds. The molecule has 1 fully saturated rings. The summed E-state index contributed by atoms with van der Waals surface area (Å²) in [6.45, 7) is 0.476. The zero-order chi connectivity index (χ0) is 21.8. The third-order valence-corrected chi connectivity index (χ3v) is 5.23. The van der Waals surface area contributed by atoms with Gasteiger partial charge in [0.05, 0.1) is 0 Å². The molecule has 0 bridgehead atoms. The van der Waals surface area contributed by atoms with Gasteiger partial charge >= 0.3 is 0 Å². The van der Waals surface area contributed by atoms with E-state index in [4.69, 9.17) is 4.74 Å². The number of halogens is 1. The Kier molecular flexibility index (Phi) is 5.97. The molecule has 4 rings (SSSR count). The van der Waals surface area contributed by atoms with E-state index < -0.39 is 17.8 Å². The van der Waals surface area contributed by atoms with Crippen LogP contribution in [0.15, 0.2) is 60.9 Å². The number of benzene rings is 2. The lowest BCUT2D eigenvalue weighted by Crippen LogP contribution is -2.35. The molecule has 0 radical (unpaired) electrons. The van der Waals surface area contributed by atoms with Crippen molar-refractivity contribution in [1.82, 2.24) is 14.9 Å². The topological polar surface area (TPSA) is 76.5 Å². The van der Waals surface area contributed by atoms with Crippen molar-refractivity contribution in [3.8, 4) is 5.75 Å². The Morgan fingerprint density at radius 2 is 2.00 bits per heavy atom. The maximum absolute atomic E-state index is 14.4. The summed E-state index contributed by atoms with van der Waals surface area (Å²) in [4.78, 5) is 30.4. The molecule has 1 saturated heterocycles. The molecule has 2 heterocycles. The van der Waals surface area contributed by atoms with Crippen LogP contribution >= 0.6 is 0 Å². The fourth-order valence-electron chi connectivity index (χ4n) is 3.64. The van der Waals surface area contributed by atoms with Crippen LogP contribution in [0, 0.1) is 5.82 Å². The molecular weight excluding hydrogens is 399 g/mol. The van der Waals surface area contributed by atoms with Gasteiger partial charge in [-0.05, 0) is 36.8 Å². The normalized spacial score (nSPS) is 14.5. The van der Waals surface area contributed by atoms with Gasteiger partial charge in [-0.1, -0.05) is 18.2 Å². The molecular formula is C23H23FN4O3.